The third-order valence-electron chi connectivity index (χ3n) is 6.31. The third-order valence-corrected chi connectivity index (χ3v) is 8.21. The Labute approximate surface area is 191 Å². The summed E-state index contributed by atoms with van der Waals surface area (Å²) >= 11 is 0. The number of rotatable bonds is 6. The first kappa shape index (κ1) is 25.5. The number of carbonyl (C=O) groups is 2. The molecule has 0 radical (unpaired) electrons. The van der Waals surface area contributed by atoms with Crippen LogP contribution in [0.3, 0.4) is 0 Å². The maximum atomic E-state index is 12.9. The lowest BCUT2D eigenvalue weighted by atomic mass is 9.87. The van der Waals surface area contributed by atoms with E-state index in [0.717, 1.165) is 48.2 Å². The topological polar surface area (TPSA) is 92.8 Å². The number of alkyl halides is 3. The van der Waals surface area contributed by atoms with Gasteiger partial charge in [-0.3, -0.25) is 9.59 Å². The number of ether oxygens (including phenoxy) is 1. The van der Waals surface area contributed by atoms with Crippen molar-refractivity contribution in [3.63, 3.8) is 0 Å². The van der Waals surface area contributed by atoms with Crippen molar-refractivity contribution in [3.05, 3.63) is 29.8 Å². The molecule has 1 amide bonds. The van der Waals surface area contributed by atoms with Gasteiger partial charge in [0, 0.05) is 19.1 Å². The number of hydrogen-bond acceptors (Lipinski definition) is 5. The molecule has 3 rings (SSSR count). The maximum Gasteiger partial charge on any atom is 0.416 e. The first-order chi connectivity index (χ1) is 15.5. The summed E-state index contributed by atoms with van der Waals surface area (Å²) in [6.45, 7) is 1.75. The van der Waals surface area contributed by atoms with Gasteiger partial charge in [0.25, 0.3) is 5.91 Å². The van der Waals surface area contributed by atoms with Crippen LogP contribution in [0.4, 0.5) is 13.2 Å². The van der Waals surface area contributed by atoms with E-state index < -0.39 is 38.5 Å². The molecule has 2 fully saturated rings. The van der Waals surface area contributed by atoms with Crippen molar-refractivity contribution in [3.8, 4) is 0 Å². The summed E-state index contributed by atoms with van der Waals surface area (Å²) in [4.78, 5) is 23.9. The molecule has 0 aromatic heterocycles. The summed E-state index contributed by atoms with van der Waals surface area (Å²) in [5.41, 5.74) is -1.04. The van der Waals surface area contributed by atoms with Gasteiger partial charge in [-0.2, -0.15) is 17.5 Å². The van der Waals surface area contributed by atoms with E-state index in [4.69, 9.17) is 4.74 Å². The van der Waals surface area contributed by atoms with E-state index in [9.17, 15) is 31.2 Å². The van der Waals surface area contributed by atoms with Gasteiger partial charge in [0.1, 0.15) is 0 Å². The second-order valence-corrected chi connectivity index (χ2v) is 10.8. The van der Waals surface area contributed by atoms with Crippen molar-refractivity contribution in [1.29, 1.82) is 0 Å². The fraction of sp³-hybridized carbons (Fsp3) is 0.636. The average molecular weight is 491 g/mol. The molecular weight excluding hydrogens is 461 g/mol. The molecule has 1 aromatic rings. The summed E-state index contributed by atoms with van der Waals surface area (Å²) in [6.07, 6.45) is -0.416. The first-order valence-electron chi connectivity index (χ1n) is 11.1. The predicted molar refractivity (Wildman–Crippen MR) is 113 cm³/mol. The van der Waals surface area contributed by atoms with Gasteiger partial charge in [-0.25, -0.2) is 8.42 Å². The standard InChI is InChI=1S/C22H29F3N2O5S/c1-15-5-7-18(8-6-15)26-20(28)14-32-21(29)16-9-11-27(12-10-16)33(30,31)19-4-2-3-17(13-19)22(23,24)25/h2-4,13,15-16,18H,5-12,14H2,1H3,(H,26,28). The van der Waals surface area contributed by atoms with Crippen molar-refractivity contribution in [1.82, 2.24) is 9.62 Å². The number of piperidine rings is 1. The second-order valence-electron chi connectivity index (χ2n) is 8.84. The normalized spacial score (nSPS) is 23.2. The third kappa shape index (κ3) is 6.69. The SMILES string of the molecule is CC1CCC(NC(=O)COC(=O)C2CCN(S(=O)(=O)c3cccc(C(F)(F)F)c3)CC2)CC1. The number of carbonyl (C=O) groups excluding carboxylic acids is 2. The Kier molecular flexibility index (Phi) is 8.04. The Morgan fingerprint density at radius 2 is 1.73 bits per heavy atom. The summed E-state index contributed by atoms with van der Waals surface area (Å²) in [6, 6.07) is 3.69. The van der Waals surface area contributed by atoms with Crippen molar-refractivity contribution in [2.45, 2.75) is 62.6 Å². The van der Waals surface area contributed by atoms with E-state index in [1.165, 1.54) is 0 Å². The lowest BCUT2D eigenvalue weighted by molar-refractivity contribution is -0.154. The number of nitrogens with one attached hydrogen (secondary N) is 1. The zero-order valence-electron chi connectivity index (χ0n) is 18.4. The Bertz CT molecular complexity index is 951. The number of sulfonamides is 1. The van der Waals surface area contributed by atoms with Crippen LogP contribution in [0.2, 0.25) is 0 Å². The highest BCUT2D eigenvalue weighted by molar-refractivity contribution is 7.89. The predicted octanol–water partition coefficient (Wildman–Crippen LogP) is 3.34. The van der Waals surface area contributed by atoms with E-state index >= 15 is 0 Å². The minimum atomic E-state index is -4.65. The molecule has 7 nitrogen and oxygen atoms in total. The van der Waals surface area contributed by atoms with Crippen LogP contribution in [-0.2, 0) is 30.5 Å². The molecule has 1 aromatic carbocycles. The lowest BCUT2D eigenvalue weighted by Crippen LogP contribution is -2.42. The number of nitrogens with zero attached hydrogens (tertiary/aromatic N) is 1. The molecular formula is C22H29F3N2O5S. The molecule has 0 atom stereocenters. The van der Waals surface area contributed by atoms with E-state index in [0.29, 0.717) is 12.0 Å². The van der Waals surface area contributed by atoms with Gasteiger partial charge in [-0.05, 0) is 62.6 Å². The molecule has 0 spiro atoms. The van der Waals surface area contributed by atoms with Gasteiger partial charge < -0.3 is 10.1 Å². The van der Waals surface area contributed by atoms with Crippen LogP contribution in [0.5, 0.6) is 0 Å². The fourth-order valence-corrected chi connectivity index (χ4v) is 5.76. The highest BCUT2D eigenvalue weighted by Crippen LogP contribution is 2.32. The largest absolute Gasteiger partial charge is 0.455 e. The zero-order valence-corrected chi connectivity index (χ0v) is 19.3. The Hall–Kier alpha value is -2.14. The number of amides is 1. The number of hydrogen-bond donors (Lipinski definition) is 1. The molecule has 1 aliphatic heterocycles. The Morgan fingerprint density at radius 1 is 1.09 bits per heavy atom. The van der Waals surface area contributed by atoms with Crippen LogP contribution >= 0.6 is 0 Å². The highest BCUT2D eigenvalue weighted by atomic mass is 32.2. The highest BCUT2D eigenvalue weighted by Gasteiger charge is 2.35. The minimum Gasteiger partial charge on any atom is -0.455 e. The Balaban J connectivity index is 1.48. The summed E-state index contributed by atoms with van der Waals surface area (Å²) in [5.74, 6) is -0.841. The van der Waals surface area contributed by atoms with Gasteiger partial charge >= 0.3 is 12.1 Å². The smallest absolute Gasteiger partial charge is 0.416 e. The molecule has 1 saturated carbocycles. The van der Waals surface area contributed by atoms with Crippen LogP contribution in [-0.4, -0.2) is 50.3 Å². The molecule has 184 valence electrons. The van der Waals surface area contributed by atoms with Crippen LogP contribution in [0, 0.1) is 11.8 Å². The molecule has 2 aliphatic rings. The van der Waals surface area contributed by atoms with Crippen molar-refractivity contribution in [2.24, 2.45) is 11.8 Å². The van der Waals surface area contributed by atoms with Crippen molar-refractivity contribution < 1.29 is 35.9 Å². The van der Waals surface area contributed by atoms with Crippen molar-refractivity contribution in [2.75, 3.05) is 19.7 Å². The number of benzene rings is 1. The van der Waals surface area contributed by atoms with Gasteiger partial charge in [0.15, 0.2) is 6.61 Å². The van der Waals surface area contributed by atoms with Crippen LogP contribution in [0.1, 0.15) is 51.0 Å². The molecule has 1 heterocycles. The summed E-state index contributed by atoms with van der Waals surface area (Å²) < 4.78 is 70.5. The van der Waals surface area contributed by atoms with E-state index in [1.807, 2.05) is 0 Å². The maximum absolute atomic E-state index is 12.9. The number of halogens is 3. The minimum absolute atomic E-state index is 0.0230. The lowest BCUT2D eigenvalue weighted by Gasteiger charge is -2.30. The molecule has 0 unspecified atom stereocenters. The van der Waals surface area contributed by atoms with E-state index in [2.05, 4.69) is 12.2 Å². The van der Waals surface area contributed by atoms with Crippen LogP contribution in [0.15, 0.2) is 29.2 Å². The fourth-order valence-electron chi connectivity index (χ4n) is 4.24. The number of esters is 1. The van der Waals surface area contributed by atoms with Crippen molar-refractivity contribution >= 4 is 21.9 Å². The second kappa shape index (κ2) is 10.4. The average Bonchev–Trinajstić information content (AvgIpc) is 2.78. The first-order valence-corrected chi connectivity index (χ1v) is 12.5. The van der Waals surface area contributed by atoms with Crippen LogP contribution in [0.25, 0.3) is 0 Å². The zero-order chi connectivity index (χ0) is 24.2. The van der Waals surface area contributed by atoms with Gasteiger partial charge in [-0.15, -0.1) is 0 Å². The molecule has 11 heteroatoms. The summed E-state index contributed by atoms with van der Waals surface area (Å²) in [5, 5.41) is 2.87. The molecule has 1 aliphatic carbocycles. The molecule has 1 saturated heterocycles. The van der Waals surface area contributed by atoms with E-state index in [-0.39, 0.29) is 44.5 Å². The van der Waals surface area contributed by atoms with Gasteiger partial charge in [-0.1, -0.05) is 13.0 Å². The molecule has 0 bridgehead atoms. The van der Waals surface area contributed by atoms with Gasteiger partial charge in [0.05, 0.1) is 16.4 Å². The molecule has 1 N–H and O–H groups in total. The van der Waals surface area contributed by atoms with Gasteiger partial charge in [0.2, 0.25) is 10.0 Å². The quantitative estimate of drug-likeness (QED) is 0.618. The van der Waals surface area contributed by atoms with Crippen LogP contribution < -0.4 is 5.32 Å². The Morgan fingerprint density at radius 3 is 2.33 bits per heavy atom. The monoisotopic (exact) mass is 490 g/mol. The summed E-state index contributed by atoms with van der Waals surface area (Å²) in [7, 11) is -4.12. The van der Waals surface area contributed by atoms with E-state index in [1.54, 1.807) is 0 Å². The molecule has 33 heavy (non-hydrogen) atoms.